The quantitative estimate of drug-likeness (QED) is 0.569. The van der Waals surface area contributed by atoms with Crippen LogP contribution in [0.3, 0.4) is 0 Å². The fourth-order valence-electron chi connectivity index (χ4n) is 1.23. The van der Waals surface area contributed by atoms with Crippen LogP contribution < -0.4 is 9.47 Å². The van der Waals surface area contributed by atoms with Crippen LogP contribution in [0.5, 0.6) is 11.5 Å². The maximum atomic E-state index is 11.6. The molecular weight excluding hydrogens is 208 g/mol. The zero-order valence-corrected chi connectivity index (χ0v) is 9.15. The second kappa shape index (κ2) is 5.66. The van der Waals surface area contributed by atoms with Crippen LogP contribution in [0.2, 0.25) is 0 Å². The molecule has 1 aromatic rings. The summed E-state index contributed by atoms with van der Waals surface area (Å²) in [5.41, 5.74) is 0.289. The number of hydrogen-bond donors (Lipinski definition) is 0. The standard InChI is InChI=1S/C12H12O4/c1-4-8-16-12(13)9-6-5-7-10(14-2)11(9)15-3/h1,5-7H,8H2,2-3H3. The maximum Gasteiger partial charge on any atom is 0.343 e. The van der Waals surface area contributed by atoms with Gasteiger partial charge in [0.1, 0.15) is 5.56 Å². The van der Waals surface area contributed by atoms with Crippen molar-refractivity contribution in [2.24, 2.45) is 0 Å². The summed E-state index contributed by atoms with van der Waals surface area (Å²) in [4.78, 5) is 11.6. The first kappa shape index (κ1) is 11.9. The fourth-order valence-corrected chi connectivity index (χ4v) is 1.23. The molecule has 0 N–H and O–H groups in total. The van der Waals surface area contributed by atoms with E-state index in [1.807, 2.05) is 0 Å². The molecule has 0 radical (unpaired) electrons. The molecule has 16 heavy (non-hydrogen) atoms. The van der Waals surface area contributed by atoms with Crippen molar-refractivity contribution in [1.29, 1.82) is 0 Å². The average Bonchev–Trinajstić information content (AvgIpc) is 2.34. The Kier molecular flexibility index (Phi) is 4.22. The third-order valence-corrected chi connectivity index (χ3v) is 1.91. The third-order valence-electron chi connectivity index (χ3n) is 1.91. The molecule has 0 aromatic heterocycles. The van der Waals surface area contributed by atoms with E-state index in [1.165, 1.54) is 14.2 Å². The van der Waals surface area contributed by atoms with Gasteiger partial charge in [-0.25, -0.2) is 4.79 Å². The summed E-state index contributed by atoms with van der Waals surface area (Å²) in [6, 6.07) is 4.95. The van der Waals surface area contributed by atoms with Gasteiger partial charge in [0.05, 0.1) is 14.2 Å². The smallest absolute Gasteiger partial charge is 0.343 e. The Balaban J connectivity index is 3.04. The van der Waals surface area contributed by atoms with E-state index < -0.39 is 5.97 Å². The molecule has 0 fully saturated rings. The summed E-state index contributed by atoms with van der Waals surface area (Å²) in [6.07, 6.45) is 5.00. The number of benzene rings is 1. The Labute approximate surface area is 94.1 Å². The highest BCUT2D eigenvalue weighted by molar-refractivity contribution is 5.93. The predicted octanol–water partition coefficient (Wildman–Crippen LogP) is 1.49. The zero-order valence-electron chi connectivity index (χ0n) is 9.15. The van der Waals surface area contributed by atoms with Crippen LogP contribution in [0.1, 0.15) is 10.4 Å². The average molecular weight is 220 g/mol. The lowest BCUT2D eigenvalue weighted by Gasteiger charge is -2.11. The summed E-state index contributed by atoms with van der Waals surface area (Å²) < 4.78 is 15.0. The van der Waals surface area contributed by atoms with E-state index in [2.05, 4.69) is 5.92 Å². The second-order valence-corrected chi connectivity index (χ2v) is 2.82. The highest BCUT2D eigenvalue weighted by Crippen LogP contribution is 2.30. The number of carbonyl (C=O) groups excluding carboxylic acids is 1. The molecule has 0 amide bonds. The molecule has 84 valence electrons. The lowest BCUT2D eigenvalue weighted by Crippen LogP contribution is -2.08. The van der Waals surface area contributed by atoms with Gasteiger partial charge in [-0.2, -0.15) is 0 Å². The molecule has 0 aliphatic heterocycles. The zero-order chi connectivity index (χ0) is 12.0. The van der Waals surface area contributed by atoms with Gasteiger partial charge in [-0.1, -0.05) is 12.0 Å². The Bertz CT molecular complexity index is 418. The third kappa shape index (κ3) is 2.45. The minimum Gasteiger partial charge on any atom is -0.493 e. The van der Waals surface area contributed by atoms with Crippen LogP contribution in [0.4, 0.5) is 0 Å². The van der Waals surface area contributed by atoms with Gasteiger partial charge < -0.3 is 14.2 Å². The number of hydrogen-bond acceptors (Lipinski definition) is 4. The first-order valence-corrected chi connectivity index (χ1v) is 4.56. The van der Waals surface area contributed by atoms with E-state index in [9.17, 15) is 4.79 Å². The van der Waals surface area contributed by atoms with Crippen molar-refractivity contribution in [3.05, 3.63) is 23.8 Å². The number of rotatable bonds is 4. The normalized spacial score (nSPS) is 9.06. The molecule has 0 spiro atoms. The molecule has 0 heterocycles. The van der Waals surface area contributed by atoms with Gasteiger partial charge in [0, 0.05) is 0 Å². The Morgan fingerprint density at radius 3 is 2.69 bits per heavy atom. The first-order valence-electron chi connectivity index (χ1n) is 4.56. The Morgan fingerprint density at radius 1 is 1.38 bits per heavy atom. The number of terminal acetylenes is 1. The van der Waals surface area contributed by atoms with E-state index in [0.717, 1.165) is 0 Å². The summed E-state index contributed by atoms with van der Waals surface area (Å²) in [5.74, 6) is 2.50. The number of ether oxygens (including phenoxy) is 3. The fraction of sp³-hybridized carbons (Fsp3) is 0.250. The highest BCUT2D eigenvalue weighted by Gasteiger charge is 2.16. The van der Waals surface area contributed by atoms with Crippen LogP contribution in [0.15, 0.2) is 18.2 Å². The summed E-state index contributed by atoms with van der Waals surface area (Å²) in [7, 11) is 2.95. The predicted molar refractivity (Wildman–Crippen MR) is 58.7 cm³/mol. The largest absolute Gasteiger partial charge is 0.493 e. The number of carbonyl (C=O) groups is 1. The van der Waals surface area contributed by atoms with E-state index >= 15 is 0 Å². The van der Waals surface area contributed by atoms with Crippen molar-refractivity contribution < 1.29 is 19.0 Å². The van der Waals surface area contributed by atoms with Crippen LogP contribution in [0.25, 0.3) is 0 Å². The Morgan fingerprint density at radius 2 is 2.12 bits per heavy atom. The lowest BCUT2D eigenvalue weighted by atomic mass is 10.2. The van der Waals surface area contributed by atoms with Gasteiger partial charge in [-0.15, -0.1) is 6.42 Å². The molecule has 0 aliphatic carbocycles. The lowest BCUT2D eigenvalue weighted by molar-refractivity contribution is 0.0552. The van der Waals surface area contributed by atoms with Gasteiger partial charge in [0.15, 0.2) is 18.1 Å². The molecular formula is C12H12O4. The molecule has 0 atom stereocenters. The number of esters is 1. The molecule has 1 rings (SSSR count). The van der Waals surface area contributed by atoms with Gasteiger partial charge in [-0.05, 0) is 12.1 Å². The highest BCUT2D eigenvalue weighted by atomic mass is 16.5. The number of methoxy groups -OCH3 is 2. The summed E-state index contributed by atoms with van der Waals surface area (Å²) in [6.45, 7) is -0.0702. The minimum absolute atomic E-state index is 0.0702. The summed E-state index contributed by atoms with van der Waals surface area (Å²) in [5, 5.41) is 0. The van der Waals surface area contributed by atoms with Crippen molar-refractivity contribution in [2.75, 3.05) is 20.8 Å². The van der Waals surface area contributed by atoms with E-state index in [1.54, 1.807) is 18.2 Å². The van der Waals surface area contributed by atoms with Crippen molar-refractivity contribution in [3.63, 3.8) is 0 Å². The number of para-hydroxylation sites is 1. The SMILES string of the molecule is C#CCOC(=O)c1cccc(OC)c1OC. The van der Waals surface area contributed by atoms with Crippen molar-refractivity contribution in [3.8, 4) is 23.8 Å². The maximum absolute atomic E-state index is 11.6. The van der Waals surface area contributed by atoms with E-state index in [-0.39, 0.29) is 12.2 Å². The molecule has 1 aromatic carbocycles. The van der Waals surface area contributed by atoms with Crippen LogP contribution >= 0.6 is 0 Å². The topological polar surface area (TPSA) is 44.8 Å². The molecule has 0 bridgehead atoms. The summed E-state index contributed by atoms with van der Waals surface area (Å²) >= 11 is 0. The van der Waals surface area contributed by atoms with Gasteiger partial charge in [-0.3, -0.25) is 0 Å². The van der Waals surface area contributed by atoms with E-state index in [4.69, 9.17) is 20.6 Å². The molecule has 4 nitrogen and oxygen atoms in total. The van der Waals surface area contributed by atoms with Crippen LogP contribution in [-0.2, 0) is 4.74 Å². The molecule has 0 saturated carbocycles. The molecule has 0 aliphatic rings. The molecule has 4 heteroatoms. The van der Waals surface area contributed by atoms with Crippen LogP contribution in [0, 0.1) is 12.3 Å². The van der Waals surface area contributed by atoms with Gasteiger partial charge in [0.25, 0.3) is 0 Å². The van der Waals surface area contributed by atoms with Crippen LogP contribution in [-0.4, -0.2) is 26.8 Å². The van der Waals surface area contributed by atoms with Gasteiger partial charge in [0.2, 0.25) is 0 Å². The monoisotopic (exact) mass is 220 g/mol. The Hall–Kier alpha value is -2.15. The minimum atomic E-state index is -0.534. The molecule has 0 saturated heterocycles. The van der Waals surface area contributed by atoms with Crippen molar-refractivity contribution in [1.82, 2.24) is 0 Å². The first-order chi connectivity index (χ1) is 7.74. The second-order valence-electron chi connectivity index (χ2n) is 2.82. The van der Waals surface area contributed by atoms with Crippen molar-refractivity contribution in [2.45, 2.75) is 0 Å². The van der Waals surface area contributed by atoms with Gasteiger partial charge >= 0.3 is 5.97 Å². The van der Waals surface area contributed by atoms with Crippen molar-refractivity contribution >= 4 is 5.97 Å². The van der Waals surface area contributed by atoms with E-state index in [0.29, 0.717) is 11.5 Å². The molecule has 0 unspecified atom stereocenters.